The lowest BCUT2D eigenvalue weighted by Crippen LogP contribution is -2.35. The number of carbonyl (C=O) groups is 1. The van der Waals surface area contributed by atoms with E-state index in [1.54, 1.807) is 6.20 Å². The van der Waals surface area contributed by atoms with E-state index in [4.69, 9.17) is 5.73 Å². The smallest absolute Gasteiger partial charge is 0.360 e. The molecule has 33 heavy (non-hydrogen) atoms. The van der Waals surface area contributed by atoms with Crippen molar-refractivity contribution in [2.24, 2.45) is 5.73 Å². The SMILES string of the molecule is CCC[C@@H](c1ccc(C(F)(F)F)cc1)[C@@H](N)CNc1ncc(-c2ccc3c(c2)CC(=O)N3)s1. The monoisotopic (exact) mass is 474 g/mol. The first-order valence-corrected chi connectivity index (χ1v) is 11.6. The van der Waals surface area contributed by atoms with E-state index in [2.05, 4.69) is 15.6 Å². The molecule has 1 amide bonds. The van der Waals surface area contributed by atoms with Crippen LogP contribution in [0.2, 0.25) is 0 Å². The maximum atomic E-state index is 12.9. The highest BCUT2D eigenvalue weighted by atomic mass is 32.1. The molecule has 4 N–H and O–H groups in total. The Bertz CT molecular complexity index is 1130. The number of nitrogens with one attached hydrogen (secondary N) is 2. The molecular formula is C24H25F3N4OS. The first-order chi connectivity index (χ1) is 15.7. The van der Waals surface area contributed by atoms with Crippen molar-refractivity contribution in [3.8, 4) is 10.4 Å². The van der Waals surface area contributed by atoms with Crippen LogP contribution in [0.3, 0.4) is 0 Å². The lowest BCUT2D eigenvalue weighted by atomic mass is 9.87. The van der Waals surface area contributed by atoms with Gasteiger partial charge in [0.15, 0.2) is 5.13 Å². The zero-order chi connectivity index (χ0) is 23.6. The minimum atomic E-state index is -4.35. The number of aromatic nitrogens is 1. The molecule has 3 aromatic rings. The Morgan fingerprint density at radius 1 is 1.21 bits per heavy atom. The summed E-state index contributed by atoms with van der Waals surface area (Å²) in [6, 6.07) is 10.8. The second-order valence-electron chi connectivity index (χ2n) is 8.19. The quantitative estimate of drug-likeness (QED) is 0.394. The molecule has 0 saturated heterocycles. The Labute approximate surface area is 194 Å². The van der Waals surface area contributed by atoms with Crippen LogP contribution in [0.5, 0.6) is 0 Å². The maximum absolute atomic E-state index is 12.9. The Morgan fingerprint density at radius 3 is 2.67 bits per heavy atom. The molecule has 5 nitrogen and oxygen atoms in total. The van der Waals surface area contributed by atoms with Crippen LogP contribution in [0.1, 0.15) is 42.4 Å². The zero-order valence-electron chi connectivity index (χ0n) is 18.1. The van der Waals surface area contributed by atoms with Crippen molar-refractivity contribution in [1.82, 2.24) is 4.98 Å². The van der Waals surface area contributed by atoms with Gasteiger partial charge in [0.25, 0.3) is 0 Å². The molecule has 2 atom stereocenters. The van der Waals surface area contributed by atoms with Gasteiger partial charge in [0.05, 0.1) is 16.9 Å². The van der Waals surface area contributed by atoms with Crippen LogP contribution in [0.4, 0.5) is 24.0 Å². The number of carbonyl (C=O) groups excluding carboxylic acids is 1. The average Bonchev–Trinajstić information content (AvgIpc) is 3.40. The number of rotatable bonds is 8. The molecule has 0 radical (unpaired) electrons. The highest BCUT2D eigenvalue weighted by Gasteiger charge is 2.30. The molecule has 1 aromatic heterocycles. The number of nitrogens with zero attached hydrogens (tertiary/aromatic N) is 1. The van der Waals surface area contributed by atoms with E-state index in [1.807, 2.05) is 25.1 Å². The number of thiazole rings is 1. The van der Waals surface area contributed by atoms with E-state index in [0.29, 0.717) is 13.0 Å². The molecular weight excluding hydrogens is 449 g/mol. The molecule has 1 aliphatic rings. The predicted octanol–water partition coefficient (Wildman–Crippen LogP) is 5.65. The third-order valence-corrected chi connectivity index (χ3v) is 6.80. The van der Waals surface area contributed by atoms with Crippen molar-refractivity contribution in [2.75, 3.05) is 17.2 Å². The van der Waals surface area contributed by atoms with Gasteiger partial charge in [-0.25, -0.2) is 4.98 Å². The first-order valence-electron chi connectivity index (χ1n) is 10.8. The fourth-order valence-corrected chi connectivity index (χ4v) is 4.90. The van der Waals surface area contributed by atoms with Gasteiger partial charge < -0.3 is 16.4 Å². The lowest BCUT2D eigenvalue weighted by molar-refractivity contribution is -0.137. The van der Waals surface area contributed by atoms with Crippen molar-refractivity contribution < 1.29 is 18.0 Å². The van der Waals surface area contributed by atoms with Crippen LogP contribution in [0, 0.1) is 0 Å². The molecule has 2 aromatic carbocycles. The van der Waals surface area contributed by atoms with E-state index in [-0.39, 0.29) is 17.9 Å². The number of alkyl halides is 3. The summed E-state index contributed by atoms with van der Waals surface area (Å²) >= 11 is 1.49. The van der Waals surface area contributed by atoms with Gasteiger partial charge in [0.2, 0.25) is 5.91 Å². The van der Waals surface area contributed by atoms with E-state index < -0.39 is 11.7 Å². The number of hydrogen-bond acceptors (Lipinski definition) is 5. The summed E-state index contributed by atoms with van der Waals surface area (Å²) in [5.41, 5.74) is 9.42. The summed E-state index contributed by atoms with van der Waals surface area (Å²) in [5.74, 6) is -0.0663. The number of anilines is 2. The topological polar surface area (TPSA) is 80.0 Å². The van der Waals surface area contributed by atoms with Crippen LogP contribution < -0.4 is 16.4 Å². The standard InChI is InChI=1S/C24H25F3N4OS/c1-2-3-18(14-4-7-17(8-5-14)24(25,26)27)19(28)12-29-23-30-13-21(33-23)15-6-9-20-16(10-15)11-22(32)31-20/h4-10,13,18-19H,2-3,11-12,28H2,1H3,(H,29,30)(H,31,32)/t18-,19-/m0/s1. The third-order valence-electron chi connectivity index (χ3n) is 5.79. The van der Waals surface area contributed by atoms with E-state index in [9.17, 15) is 18.0 Å². The van der Waals surface area contributed by atoms with Gasteiger partial charge in [0, 0.05) is 30.4 Å². The summed E-state index contributed by atoms with van der Waals surface area (Å²) in [5, 5.41) is 6.82. The summed E-state index contributed by atoms with van der Waals surface area (Å²) in [6.45, 7) is 2.48. The Morgan fingerprint density at radius 2 is 1.97 bits per heavy atom. The summed E-state index contributed by atoms with van der Waals surface area (Å²) < 4.78 is 38.7. The Kier molecular flexibility index (Phi) is 6.71. The number of nitrogens with two attached hydrogens (primary N) is 1. The fraction of sp³-hybridized carbons (Fsp3) is 0.333. The van der Waals surface area contributed by atoms with E-state index in [0.717, 1.165) is 57.4 Å². The summed E-state index contributed by atoms with van der Waals surface area (Å²) in [6.07, 6.45) is -0.542. The molecule has 0 saturated carbocycles. The third kappa shape index (κ3) is 5.36. The van der Waals surface area contributed by atoms with Gasteiger partial charge >= 0.3 is 6.18 Å². The molecule has 4 rings (SSSR count). The average molecular weight is 475 g/mol. The number of fused-ring (bicyclic) bond motifs is 1. The fourth-order valence-electron chi connectivity index (χ4n) is 4.08. The summed E-state index contributed by atoms with van der Waals surface area (Å²) in [7, 11) is 0. The minimum absolute atomic E-state index is 0.00234. The van der Waals surface area contributed by atoms with Gasteiger partial charge in [-0.05, 0) is 47.4 Å². The van der Waals surface area contributed by atoms with Crippen LogP contribution in [0.25, 0.3) is 10.4 Å². The highest BCUT2D eigenvalue weighted by molar-refractivity contribution is 7.18. The maximum Gasteiger partial charge on any atom is 0.416 e. The van der Waals surface area contributed by atoms with E-state index in [1.165, 1.54) is 23.5 Å². The Hall–Kier alpha value is -2.91. The molecule has 9 heteroatoms. The van der Waals surface area contributed by atoms with Gasteiger partial charge in [-0.1, -0.05) is 42.9 Å². The highest BCUT2D eigenvalue weighted by Crippen LogP contribution is 2.34. The van der Waals surface area contributed by atoms with Gasteiger partial charge in [-0.3, -0.25) is 4.79 Å². The van der Waals surface area contributed by atoms with Gasteiger partial charge in [-0.2, -0.15) is 13.2 Å². The van der Waals surface area contributed by atoms with Crippen LogP contribution in [-0.4, -0.2) is 23.5 Å². The second-order valence-corrected chi connectivity index (χ2v) is 9.22. The lowest BCUT2D eigenvalue weighted by Gasteiger charge is -2.24. The van der Waals surface area contributed by atoms with Crippen molar-refractivity contribution in [3.63, 3.8) is 0 Å². The van der Waals surface area contributed by atoms with Gasteiger partial charge in [0.1, 0.15) is 0 Å². The molecule has 2 heterocycles. The molecule has 0 spiro atoms. The van der Waals surface area contributed by atoms with Crippen LogP contribution in [-0.2, 0) is 17.4 Å². The Balaban J connectivity index is 1.41. The zero-order valence-corrected chi connectivity index (χ0v) is 18.9. The molecule has 1 aliphatic heterocycles. The summed E-state index contributed by atoms with van der Waals surface area (Å²) in [4.78, 5) is 17.0. The number of halogens is 3. The molecule has 174 valence electrons. The number of benzene rings is 2. The molecule has 0 bridgehead atoms. The van der Waals surface area contributed by atoms with Crippen molar-refractivity contribution >= 4 is 28.1 Å². The number of amides is 1. The van der Waals surface area contributed by atoms with Crippen molar-refractivity contribution in [1.29, 1.82) is 0 Å². The molecule has 0 aliphatic carbocycles. The second kappa shape index (κ2) is 9.52. The minimum Gasteiger partial charge on any atom is -0.360 e. The van der Waals surface area contributed by atoms with Crippen LogP contribution >= 0.6 is 11.3 Å². The van der Waals surface area contributed by atoms with E-state index >= 15 is 0 Å². The number of hydrogen-bond donors (Lipinski definition) is 3. The molecule has 0 unspecified atom stereocenters. The predicted molar refractivity (Wildman–Crippen MR) is 125 cm³/mol. The van der Waals surface area contributed by atoms with Crippen LogP contribution in [0.15, 0.2) is 48.7 Å². The van der Waals surface area contributed by atoms with Gasteiger partial charge in [-0.15, -0.1) is 0 Å². The largest absolute Gasteiger partial charge is 0.416 e. The van der Waals surface area contributed by atoms with Crippen molar-refractivity contribution in [2.45, 2.75) is 44.3 Å². The molecule has 0 fully saturated rings. The normalized spacial score (nSPS) is 15.1. The first kappa shape index (κ1) is 23.3. The van der Waals surface area contributed by atoms with Crippen molar-refractivity contribution in [3.05, 3.63) is 65.4 Å².